The Balaban J connectivity index is 1.99. The second-order valence-corrected chi connectivity index (χ2v) is 5.19. The van der Waals surface area contributed by atoms with Gasteiger partial charge in [0.05, 0.1) is 18.6 Å². The third kappa shape index (κ3) is 3.46. The molecule has 0 aliphatic carbocycles. The molecule has 0 amide bonds. The molecule has 4 heteroatoms. The molecule has 0 saturated carbocycles. The van der Waals surface area contributed by atoms with Gasteiger partial charge in [-0.15, -0.1) is 0 Å². The molecule has 0 fully saturated rings. The van der Waals surface area contributed by atoms with E-state index in [1.807, 2.05) is 12.5 Å². The highest BCUT2D eigenvalue weighted by molar-refractivity contribution is 14.1. The highest BCUT2D eigenvalue weighted by Crippen LogP contribution is 2.13. The molecule has 1 aromatic heterocycles. The van der Waals surface area contributed by atoms with Gasteiger partial charge in [0.2, 0.25) is 0 Å². The fourth-order valence-electron chi connectivity index (χ4n) is 1.73. The van der Waals surface area contributed by atoms with Crippen LogP contribution in [0.1, 0.15) is 19.0 Å². The second kappa shape index (κ2) is 6.05. The van der Waals surface area contributed by atoms with Crippen molar-refractivity contribution in [1.29, 1.82) is 0 Å². The summed E-state index contributed by atoms with van der Waals surface area (Å²) >= 11 is 2.32. The van der Waals surface area contributed by atoms with Crippen LogP contribution in [0.25, 0.3) is 0 Å². The number of hydrogen-bond donors (Lipinski definition) is 1. The van der Waals surface area contributed by atoms with Gasteiger partial charge in [-0.05, 0) is 47.2 Å². The van der Waals surface area contributed by atoms with E-state index < -0.39 is 0 Å². The summed E-state index contributed by atoms with van der Waals surface area (Å²) in [6.07, 6.45) is 4.96. The maximum absolute atomic E-state index is 4.19. The van der Waals surface area contributed by atoms with Gasteiger partial charge in [0.25, 0.3) is 0 Å². The second-order valence-electron chi connectivity index (χ2n) is 3.94. The van der Waals surface area contributed by atoms with E-state index in [0.29, 0.717) is 0 Å². The lowest BCUT2D eigenvalue weighted by molar-refractivity contribution is 0.651. The zero-order valence-electron chi connectivity index (χ0n) is 9.86. The molecule has 0 aliphatic heterocycles. The molecule has 0 bridgehead atoms. The van der Waals surface area contributed by atoms with Gasteiger partial charge in [-0.3, -0.25) is 0 Å². The summed E-state index contributed by atoms with van der Waals surface area (Å²) in [6, 6.07) is 8.38. The third-order valence-electron chi connectivity index (χ3n) is 2.56. The van der Waals surface area contributed by atoms with Crippen LogP contribution in [0.2, 0.25) is 0 Å². The number of rotatable bonds is 5. The fourth-order valence-corrected chi connectivity index (χ4v) is 2.27. The molecule has 0 aliphatic rings. The van der Waals surface area contributed by atoms with Crippen LogP contribution in [0, 0.1) is 3.57 Å². The Kier molecular flexibility index (Phi) is 4.42. The van der Waals surface area contributed by atoms with Gasteiger partial charge in [-0.2, -0.15) is 0 Å². The smallest absolute Gasteiger partial charge is 0.0948 e. The maximum Gasteiger partial charge on any atom is 0.0948 e. The van der Waals surface area contributed by atoms with Crippen molar-refractivity contribution < 1.29 is 0 Å². The molecule has 1 heterocycles. The number of benzene rings is 1. The molecule has 0 atom stereocenters. The zero-order valence-corrected chi connectivity index (χ0v) is 12.0. The summed E-state index contributed by atoms with van der Waals surface area (Å²) in [4.78, 5) is 4.19. The SMILES string of the molecule is CCCn1cncc1CNc1cccc(I)c1. The molecule has 0 saturated heterocycles. The minimum Gasteiger partial charge on any atom is -0.379 e. The predicted molar refractivity (Wildman–Crippen MR) is 79.0 cm³/mol. The summed E-state index contributed by atoms with van der Waals surface area (Å²) in [7, 11) is 0. The molecule has 2 rings (SSSR count). The number of aromatic nitrogens is 2. The number of nitrogens with zero attached hydrogens (tertiary/aromatic N) is 2. The van der Waals surface area contributed by atoms with Crippen LogP contribution < -0.4 is 5.32 Å². The number of anilines is 1. The fraction of sp³-hybridized carbons (Fsp3) is 0.308. The average molecular weight is 341 g/mol. The van der Waals surface area contributed by atoms with Gasteiger partial charge in [0.1, 0.15) is 0 Å². The van der Waals surface area contributed by atoms with Crippen LogP contribution in [-0.2, 0) is 13.1 Å². The highest BCUT2D eigenvalue weighted by atomic mass is 127. The van der Waals surface area contributed by atoms with Crippen molar-refractivity contribution in [2.75, 3.05) is 5.32 Å². The zero-order chi connectivity index (χ0) is 12.1. The molecule has 1 aromatic carbocycles. The first kappa shape index (κ1) is 12.4. The molecule has 0 radical (unpaired) electrons. The van der Waals surface area contributed by atoms with Crippen molar-refractivity contribution in [1.82, 2.24) is 9.55 Å². The lowest BCUT2D eigenvalue weighted by atomic mass is 10.3. The van der Waals surface area contributed by atoms with E-state index in [9.17, 15) is 0 Å². The number of aryl methyl sites for hydroxylation is 1. The number of halogens is 1. The Morgan fingerprint density at radius 2 is 2.29 bits per heavy atom. The van der Waals surface area contributed by atoms with Gasteiger partial charge in [-0.25, -0.2) is 4.98 Å². The van der Waals surface area contributed by atoms with Crippen molar-refractivity contribution in [3.63, 3.8) is 0 Å². The molecule has 0 unspecified atom stereocenters. The van der Waals surface area contributed by atoms with Crippen molar-refractivity contribution in [3.8, 4) is 0 Å². The van der Waals surface area contributed by atoms with Crippen molar-refractivity contribution in [2.45, 2.75) is 26.4 Å². The average Bonchev–Trinajstić information content (AvgIpc) is 2.75. The molecule has 2 aromatic rings. The molecule has 1 N–H and O–H groups in total. The molecule has 17 heavy (non-hydrogen) atoms. The number of nitrogens with one attached hydrogen (secondary N) is 1. The predicted octanol–water partition coefficient (Wildman–Crippen LogP) is 3.51. The minimum absolute atomic E-state index is 0.820. The van der Waals surface area contributed by atoms with E-state index in [-0.39, 0.29) is 0 Å². The van der Waals surface area contributed by atoms with Crippen molar-refractivity contribution >= 4 is 28.3 Å². The van der Waals surface area contributed by atoms with E-state index in [4.69, 9.17) is 0 Å². The normalized spacial score (nSPS) is 10.5. The quantitative estimate of drug-likeness (QED) is 0.844. The molecule has 0 spiro atoms. The summed E-state index contributed by atoms with van der Waals surface area (Å²) in [5.41, 5.74) is 2.38. The van der Waals surface area contributed by atoms with Gasteiger partial charge in [0.15, 0.2) is 0 Å². The Hall–Kier alpha value is -1.04. The van der Waals surface area contributed by atoms with Crippen LogP contribution in [0.3, 0.4) is 0 Å². The van der Waals surface area contributed by atoms with E-state index >= 15 is 0 Å². The van der Waals surface area contributed by atoms with Crippen LogP contribution in [-0.4, -0.2) is 9.55 Å². The summed E-state index contributed by atoms with van der Waals surface area (Å²) in [6.45, 7) is 4.03. The van der Waals surface area contributed by atoms with E-state index in [1.165, 1.54) is 9.26 Å². The largest absolute Gasteiger partial charge is 0.379 e. The highest BCUT2D eigenvalue weighted by Gasteiger charge is 2.01. The standard InChI is InChI=1S/C13H16IN3/c1-2-6-17-10-15-8-13(17)9-16-12-5-3-4-11(14)7-12/h3-5,7-8,10,16H,2,6,9H2,1H3. The summed E-state index contributed by atoms with van der Waals surface area (Å²) in [5, 5.41) is 3.42. The Morgan fingerprint density at radius 1 is 1.41 bits per heavy atom. The van der Waals surface area contributed by atoms with Gasteiger partial charge in [0, 0.05) is 22.0 Å². The first-order valence-electron chi connectivity index (χ1n) is 5.78. The van der Waals surface area contributed by atoms with Crippen molar-refractivity contribution in [2.24, 2.45) is 0 Å². The first-order chi connectivity index (χ1) is 8.29. The van der Waals surface area contributed by atoms with Gasteiger partial charge < -0.3 is 9.88 Å². The summed E-state index contributed by atoms with van der Waals surface area (Å²) in [5.74, 6) is 0. The van der Waals surface area contributed by atoms with Crippen molar-refractivity contribution in [3.05, 3.63) is 46.1 Å². The van der Waals surface area contributed by atoms with Crippen LogP contribution >= 0.6 is 22.6 Å². The Bertz CT molecular complexity index is 479. The van der Waals surface area contributed by atoms with E-state index in [0.717, 1.165) is 25.2 Å². The monoisotopic (exact) mass is 341 g/mol. The van der Waals surface area contributed by atoms with E-state index in [1.54, 1.807) is 0 Å². The van der Waals surface area contributed by atoms with Gasteiger partial charge >= 0.3 is 0 Å². The van der Waals surface area contributed by atoms with Crippen LogP contribution in [0.15, 0.2) is 36.8 Å². The number of imidazole rings is 1. The summed E-state index contributed by atoms with van der Waals surface area (Å²) < 4.78 is 3.44. The Morgan fingerprint density at radius 3 is 3.06 bits per heavy atom. The number of hydrogen-bond acceptors (Lipinski definition) is 2. The van der Waals surface area contributed by atoms with Crippen LogP contribution in [0.5, 0.6) is 0 Å². The molecule has 90 valence electrons. The minimum atomic E-state index is 0.820. The maximum atomic E-state index is 4.19. The molecular formula is C13H16IN3. The van der Waals surface area contributed by atoms with E-state index in [2.05, 4.69) is 68.6 Å². The van der Waals surface area contributed by atoms with Crippen LogP contribution in [0.4, 0.5) is 5.69 Å². The lowest BCUT2D eigenvalue weighted by Crippen LogP contribution is -2.06. The van der Waals surface area contributed by atoms with Gasteiger partial charge in [-0.1, -0.05) is 13.0 Å². The molecule has 3 nitrogen and oxygen atoms in total. The lowest BCUT2D eigenvalue weighted by Gasteiger charge is -2.09. The third-order valence-corrected chi connectivity index (χ3v) is 3.23. The Labute approximate surface area is 115 Å². The topological polar surface area (TPSA) is 29.9 Å². The molecular weight excluding hydrogens is 325 g/mol. The first-order valence-corrected chi connectivity index (χ1v) is 6.86.